The van der Waals surface area contributed by atoms with Gasteiger partial charge in [-0.3, -0.25) is 0 Å². The van der Waals surface area contributed by atoms with E-state index < -0.39 is 8.07 Å². The van der Waals surface area contributed by atoms with Gasteiger partial charge in [0.25, 0.3) is 0 Å². The third-order valence-electron chi connectivity index (χ3n) is 4.54. The molecular weight excluding hydrogens is 364 g/mol. The summed E-state index contributed by atoms with van der Waals surface area (Å²) in [5.41, 5.74) is 3.66. The molecule has 0 fully saturated rings. The van der Waals surface area contributed by atoms with Gasteiger partial charge in [0.2, 0.25) is 0 Å². The maximum atomic E-state index is 4.94. The molecule has 0 aromatic heterocycles. The summed E-state index contributed by atoms with van der Waals surface area (Å²) in [6, 6.07) is 15.0. The molecular formula is C19H19BrN2Si. The Morgan fingerprint density at radius 2 is 1.74 bits per heavy atom. The number of benzene rings is 2. The van der Waals surface area contributed by atoms with E-state index in [2.05, 4.69) is 89.7 Å². The Morgan fingerprint density at radius 1 is 1.00 bits per heavy atom. The predicted octanol–water partition coefficient (Wildman–Crippen LogP) is 5.14. The number of pyridine rings is 1. The highest BCUT2D eigenvalue weighted by Crippen LogP contribution is 2.36. The standard InChI is InChI=1S/C19H19BrN2Si/c1-22-15-11-7-9-13(20)17(15)18(23(2,3)4)16-12-8-5-6-10-14(12)21-19(16)22/h5-11H,1-4H3. The highest BCUT2D eigenvalue weighted by molar-refractivity contribution is 9.10. The van der Waals surface area contributed by atoms with E-state index in [0.29, 0.717) is 0 Å². The molecule has 2 aromatic carbocycles. The number of nitrogens with zero attached hydrogens (tertiary/aromatic N) is 2. The lowest BCUT2D eigenvalue weighted by Gasteiger charge is -2.26. The molecule has 4 rings (SSSR count). The maximum Gasteiger partial charge on any atom is 0.141 e. The highest BCUT2D eigenvalue weighted by Gasteiger charge is 2.30. The number of rotatable bonds is 1. The summed E-state index contributed by atoms with van der Waals surface area (Å²) in [7, 11) is 0.541. The normalized spacial score (nSPS) is 12.6. The van der Waals surface area contributed by atoms with Crippen LogP contribution in [-0.2, 0) is 7.05 Å². The molecule has 116 valence electrons. The minimum atomic E-state index is -1.58. The summed E-state index contributed by atoms with van der Waals surface area (Å²) in [6.07, 6.45) is 0. The zero-order valence-corrected chi connectivity index (χ0v) is 16.4. The minimum Gasteiger partial charge on any atom is -0.328 e. The van der Waals surface area contributed by atoms with Crippen molar-refractivity contribution in [2.45, 2.75) is 19.6 Å². The first-order valence-electron chi connectivity index (χ1n) is 7.85. The number of hydrogen-bond acceptors (Lipinski definition) is 1. The van der Waals surface area contributed by atoms with E-state index in [4.69, 9.17) is 4.98 Å². The van der Waals surface area contributed by atoms with Crippen LogP contribution in [0.25, 0.3) is 33.2 Å². The van der Waals surface area contributed by atoms with Crippen LogP contribution in [0, 0.1) is 0 Å². The molecule has 0 atom stereocenters. The van der Waals surface area contributed by atoms with E-state index in [1.165, 1.54) is 31.5 Å². The Labute approximate surface area is 145 Å². The second-order valence-corrected chi connectivity index (χ2v) is 13.0. The second-order valence-electron chi connectivity index (χ2n) is 7.15. The third kappa shape index (κ3) is 2.08. The van der Waals surface area contributed by atoms with Crippen LogP contribution in [0.1, 0.15) is 0 Å². The fraction of sp³-hybridized carbons (Fsp3) is 0.211. The lowest BCUT2D eigenvalue weighted by Crippen LogP contribution is -2.40. The Hall–Kier alpha value is -1.65. The SMILES string of the molecule is Cn1c2nc3ccccc3c-2c([Si](C)(C)C)c2c(Br)cccc21. The van der Waals surface area contributed by atoms with Crippen LogP contribution >= 0.6 is 15.9 Å². The quantitative estimate of drug-likeness (QED) is 0.416. The number of hydrogen-bond donors (Lipinski definition) is 0. The second kappa shape index (κ2) is 4.92. The van der Waals surface area contributed by atoms with E-state index in [9.17, 15) is 0 Å². The lowest BCUT2D eigenvalue weighted by molar-refractivity contribution is 0.940. The van der Waals surface area contributed by atoms with Crippen LogP contribution in [0.5, 0.6) is 0 Å². The molecule has 0 aliphatic carbocycles. The topological polar surface area (TPSA) is 17.8 Å². The molecule has 0 saturated heterocycles. The highest BCUT2D eigenvalue weighted by atomic mass is 79.9. The fourth-order valence-electron chi connectivity index (χ4n) is 3.59. The molecule has 0 spiro atoms. The Kier molecular flexibility index (Phi) is 3.19. The van der Waals surface area contributed by atoms with Gasteiger partial charge >= 0.3 is 0 Å². The predicted molar refractivity (Wildman–Crippen MR) is 106 cm³/mol. The van der Waals surface area contributed by atoms with E-state index in [0.717, 1.165) is 11.3 Å². The largest absolute Gasteiger partial charge is 0.328 e. The van der Waals surface area contributed by atoms with Crippen molar-refractivity contribution in [1.82, 2.24) is 9.55 Å². The fourth-order valence-corrected chi connectivity index (χ4v) is 6.34. The van der Waals surface area contributed by atoms with Gasteiger partial charge in [-0.15, -0.1) is 0 Å². The molecule has 2 aliphatic rings. The summed E-state index contributed by atoms with van der Waals surface area (Å²) in [6.45, 7) is 7.26. The van der Waals surface area contributed by atoms with Gasteiger partial charge in [0, 0.05) is 27.9 Å². The first kappa shape index (κ1) is 14.9. The van der Waals surface area contributed by atoms with Crippen molar-refractivity contribution in [3.05, 3.63) is 46.9 Å². The monoisotopic (exact) mass is 382 g/mol. The van der Waals surface area contributed by atoms with Crippen molar-refractivity contribution in [3.63, 3.8) is 0 Å². The number of fused-ring (bicyclic) bond motifs is 4. The van der Waals surface area contributed by atoms with E-state index in [1.807, 2.05) is 0 Å². The third-order valence-corrected chi connectivity index (χ3v) is 7.20. The Morgan fingerprint density at radius 3 is 2.48 bits per heavy atom. The van der Waals surface area contributed by atoms with Gasteiger partial charge in [0.05, 0.1) is 19.1 Å². The molecule has 4 heteroatoms. The van der Waals surface area contributed by atoms with Gasteiger partial charge in [-0.25, -0.2) is 4.98 Å². The Bertz CT molecular complexity index is 1030. The number of aryl methyl sites for hydroxylation is 1. The summed E-state index contributed by atoms with van der Waals surface area (Å²) >= 11 is 3.80. The summed E-state index contributed by atoms with van der Waals surface area (Å²) < 4.78 is 3.41. The number of halogens is 1. The van der Waals surface area contributed by atoms with Crippen LogP contribution in [0.4, 0.5) is 0 Å². The van der Waals surface area contributed by atoms with Crippen molar-refractivity contribution in [2.24, 2.45) is 7.05 Å². The van der Waals surface area contributed by atoms with Gasteiger partial charge in [-0.1, -0.05) is 59.8 Å². The smallest absolute Gasteiger partial charge is 0.141 e. The average molecular weight is 383 g/mol. The van der Waals surface area contributed by atoms with Crippen LogP contribution in [-0.4, -0.2) is 17.6 Å². The molecule has 2 aliphatic heterocycles. The van der Waals surface area contributed by atoms with Crippen molar-refractivity contribution >= 4 is 51.0 Å². The van der Waals surface area contributed by atoms with Crippen LogP contribution in [0.2, 0.25) is 19.6 Å². The van der Waals surface area contributed by atoms with Crippen molar-refractivity contribution < 1.29 is 0 Å². The van der Waals surface area contributed by atoms with Gasteiger partial charge in [-0.2, -0.15) is 0 Å². The minimum absolute atomic E-state index is 1.09. The zero-order chi connectivity index (χ0) is 16.4. The molecule has 0 saturated carbocycles. The van der Waals surface area contributed by atoms with Crippen molar-refractivity contribution in [3.8, 4) is 11.4 Å². The Balaban J connectivity index is 2.39. The van der Waals surface area contributed by atoms with Crippen LogP contribution < -0.4 is 5.19 Å². The average Bonchev–Trinajstić information content (AvgIpc) is 2.87. The molecule has 0 amide bonds. The summed E-state index contributed by atoms with van der Waals surface area (Å²) in [4.78, 5) is 4.94. The first-order valence-corrected chi connectivity index (χ1v) is 12.1. The van der Waals surface area contributed by atoms with E-state index >= 15 is 0 Å². The van der Waals surface area contributed by atoms with Crippen LogP contribution in [0.3, 0.4) is 0 Å². The molecule has 0 unspecified atom stereocenters. The summed E-state index contributed by atoms with van der Waals surface area (Å²) in [5, 5.41) is 4.12. The van der Waals surface area contributed by atoms with E-state index in [1.54, 1.807) is 0 Å². The van der Waals surface area contributed by atoms with Gasteiger partial charge < -0.3 is 4.57 Å². The van der Waals surface area contributed by atoms with Crippen molar-refractivity contribution in [2.75, 3.05) is 0 Å². The molecule has 0 radical (unpaired) electrons. The number of aromatic nitrogens is 2. The molecule has 2 heterocycles. The molecule has 2 aromatic rings. The molecule has 23 heavy (non-hydrogen) atoms. The first-order chi connectivity index (χ1) is 10.9. The summed E-state index contributed by atoms with van der Waals surface area (Å²) in [5.74, 6) is 1.09. The molecule has 2 nitrogen and oxygen atoms in total. The van der Waals surface area contributed by atoms with E-state index in [-0.39, 0.29) is 0 Å². The van der Waals surface area contributed by atoms with Gasteiger partial charge in [-0.05, 0) is 23.4 Å². The van der Waals surface area contributed by atoms with Gasteiger partial charge in [0.1, 0.15) is 5.82 Å². The molecule has 0 bridgehead atoms. The van der Waals surface area contributed by atoms with Crippen LogP contribution in [0.15, 0.2) is 46.9 Å². The van der Waals surface area contributed by atoms with Gasteiger partial charge in [0.15, 0.2) is 0 Å². The molecule has 0 N–H and O–H groups in total. The maximum absolute atomic E-state index is 4.94. The number of para-hydroxylation sites is 1. The van der Waals surface area contributed by atoms with Crippen molar-refractivity contribution in [1.29, 1.82) is 0 Å². The zero-order valence-electron chi connectivity index (χ0n) is 13.8. The lowest BCUT2D eigenvalue weighted by atomic mass is 10.1.